The Hall–Kier alpha value is -2.46. The van der Waals surface area contributed by atoms with E-state index in [1.54, 1.807) is 0 Å². The van der Waals surface area contributed by atoms with Crippen molar-refractivity contribution in [1.82, 2.24) is 5.32 Å². The molecule has 1 amide bonds. The van der Waals surface area contributed by atoms with Crippen LogP contribution in [0.1, 0.15) is 46.8 Å². The molecule has 1 heterocycles. The number of aryl methyl sites for hydroxylation is 1. The lowest BCUT2D eigenvalue weighted by Gasteiger charge is -2.10. The highest BCUT2D eigenvalue weighted by Crippen LogP contribution is 2.18. The molecule has 0 atom stereocenters. The SMILES string of the molecule is CCc1ccccc1NC(=O)CCC(=O)c1ccc2c(c1)CCNCC2. The molecule has 0 fully saturated rings. The lowest BCUT2D eigenvalue weighted by molar-refractivity contribution is -0.116. The average Bonchev–Trinajstić information content (AvgIpc) is 2.91. The van der Waals surface area contributed by atoms with E-state index in [2.05, 4.69) is 23.6 Å². The first-order valence-corrected chi connectivity index (χ1v) is 9.41. The van der Waals surface area contributed by atoms with Crippen molar-refractivity contribution in [1.29, 1.82) is 0 Å². The number of carbonyl (C=O) groups excluding carboxylic acids is 2. The molecule has 0 aliphatic carbocycles. The number of rotatable bonds is 6. The van der Waals surface area contributed by atoms with E-state index in [9.17, 15) is 9.59 Å². The van der Waals surface area contributed by atoms with Crippen molar-refractivity contribution in [2.24, 2.45) is 0 Å². The van der Waals surface area contributed by atoms with Gasteiger partial charge in [-0.15, -0.1) is 0 Å². The minimum atomic E-state index is -0.113. The van der Waals surface area contributed by atoms with Crippen LogP contribution in [0.3, 0.4) is 0 Å². The Bertz CT molecular complexity index is 798. The topological polar surface area (TPSA) is 58.2 Å². The molecule has 136 valence electrons. The molecule has 0 saturated carbocycles. The van der Waals surface area contributed by atoms with Gasteiger partial charge in [-0.2, -0.15) is 0 Å². The van der Waals surface area contributed by atoms with Crippen molar-refractivity contribution in [2.45, 2.75) is 39.0 Å². The molecular weight excluding hydrogens is 324 g/mol. The van der Waals surface area contributed by atoms with Gasteiger partial charge in [0.2, 0.25) is 5.91 Å². The van der Waals surface area contributed by atoms with Gasteiger partial charge in [0.1, 0.15) is 0 Å². The van der Waals surface area contributed by atoms with Gasteiger partial charge in [-0.05, 0) is 61.2 Å². The maximum absolute atomic E-state index is 12.5. The second kappa shape index (κ2) is 8.77. The van der Waals surface area contributed by atoms with Crippen molar-refractivity contribution in [3.8, 4) is 0 Å². The van der Waals surface area contributed by atoms with Crippen molar-refractivity contribution >= 4 is 17.4 Å². The van der Waals surface area contributed by atoms with Crippen molar-refractivity contribution < 1.29 is 9.59 Å². The fourth-order valence-corrected chi connectivity index (χ4v) is 3.38. The molecule has 3 rings (SSSR count). The zero-order valence-corrected chi connectivity index (χ0v) is 15.3. The molecule has 4 nitrogen and oxygen atoms in total. The third kappa shape index (κ3) is 4.58. The summed E-state index contributed by atoms with van der Waals surface area (Å²) in [6, 6.07) is 13.7. The standard InChI is InChI=1S/C22H26N2O2/c1-2-16-5-3-4-6-20(16)24-22(26)10-9-21(25)19-8-7-17-11-13-23-14-12-18(17)15-19/h3-8,15,23H,2,9-14H2,1H3,(H,24,26). The summed E-state index contributed by atoms with van der Waals surface area (Å²) < 4.78 is 0. The number of fused-ring (bicyclic) bond motifs is 1. The van der Waals surface area contributed by atoms with Gasteiger partial charge in [-0.1, -0.05) is 37.3 Å². The number of benzene rings is 2. The Labute approximate surface area is 155 Å². The number of carbonyl (C=O) groups is 2. The molecule has 4 heteroatoms. The fourth-order valence-electron chi connectivity index (χ4n) is 3.38. The van der Waals surface area contributed by atoms with E-state index in [0.717, 1.165) is 43.6 Å². The Morgan fingerprint density at radius 1 is 1.00 bits per heavy atom. The van der Waals surface area contributed by atoms with Gasteiger partial charge >= 0.3 is 0 Å². The molecule has 2 aromatic carbocycles. The van der Waals surface area contributed by atoms with Gasteiger partial charge in [-0.25, -0.2) is 0 Å². The van der Waals surface area contributed by atoms with Gasteiger partial charge < -0.3 is 10.6 Å². The minimum Gasteiger partial charge on any atom is -0.326 e. The summed E-state index contributed by atoms with van der Waals surface area (Å²) in [5, 5.41) is 6.30. The van der Waals surface area contributed by atoms with E-state index in [4.69, 9.17) is 0 Å². The molecule has 2 aromatic rings. The highest BCUT2D eigenvalue weighted by molar-refractivity contribution is 6.00. The maximum Gasteiger partial charge on any atom is 0.224 e. The monoisotopic (exact) mass is 350 g/mol. The molecule has 0 bridgehead atoms. The second-order valence-electron chi connectivity index (χ2n) is 6.72. The smallest absolute Gasteiger partial charge is 0.224 e. The van der Waals surface area contributed by atoms with Gasteiger partial charge in [0.05, 0.1) is 0 Å². The average molecular weight is 350 g/mol. The summed E-state index contributed by atoms with van der Waals surface area (Å²) >= 11 is 0. The van der Waals surface area contributed by atoms with Gasteiger partial charge in [0, 0.05) is 24.1 Å². The maximum atomic E-state index is 12.5. The first kappa shape index (κ1) is 18.3. The molecule has 0 aromatic heterocycles. The van der Waals surface area contributed by atoms with Crippen LogP contribution in [-0.2, 0) is 24.1 Å². The van der Waals surface area contributed by atoms with Gasteiger partial charge in [0.15, 0.2) is 5.78 Å². The summed E-state index contributed by atoms with van der Waals surface area (Å²) in [6.45, 7) is 3.99. The van der Waals surface area contributed by atoms with Gasteiger partial charge in [0.25, 0.3) is 0 Å². The van der Waals surface area contributed by atoms with Crippen LogP contribution in [0.2, 0.25) is 0 Å². The lowest BCUT2D eigenvalue weighted by Crippen LogP contribution is -2.16. The molecular formula is C22H26N2O2. The predicted molar refractivity (Wildman–Crippen MR) is 105 cm³/mol. The predicted octanol–water partition coefficient (Wildman–Crippen LogP) is 3.54. The van der Waals surface area contributed by atoms with Crippen LogP contribution in [0.25, 0.3) is 0 Å². The summed E-state index contributed by atoms with van der Waals surface area (Å²) in [6.07, 6.45) is 3.25. The third-order valence-electron chi connectivity index (χ3n) is 4.92. The number of hydrogen-bond acceptors (Lipinski definition) is 3. The van der Waals surface area contributed by atoms with Crippen LogP contribution in [0.5, 0.6) is 0 Å². The summed E-state index contributed by atoms with van der Waals surface area (Å²) in [5.41, 5.74) is 5.23. The zero-order valence-electron chi connectivity index (χ0n) is 15.3. The number of nitrogens with one attached hydrogen (secondary N) is 2. The Kier molecular flexibility index (Phi) is 6.18. The van der Waals surface area contributed by atoms with E-state index in [1.165, 1.54) is 11.1 Å². The summed E-state index contributed by atoms with van der Waals surface area (Å²) in [7, 11) is 0. The Morgan fingerprint density at radius 2 is 1.77 bits per heavy atom. The number of amides is 1. The normalized spacial score (nSPS) is 13.6. The van der Waals surface area contributed by atoms with E-state index < -0.39 is 0 Å². The second-order valence-corrected chi connectivity index (χ2v) is 6.72. The van der Waals surface area contributed by atoms with Crippen LogP contribution < -0.4 is 10.6 Å². The number of anilines is 1. The Balaban J connectivity index is 1.58. The van der Waals surface area contributed by atoms with Gasteiger partial charge in [-0.3, -0.25) is 9.59 Å². The molecule has 26 heavy (non-hydrogen) atoms. The Morgan fingerprint density at radius 3 is 2.58 bits per heavy atom. The fraction of sp³-hybridized carbons (Fsp3) is 0.364. The van der Waals surface area contributed by atoms with Crippen molar-refractivity contribution in [3.05, 3.63) is 64.7 Å². The number of para-hydroxylation sites is 1. The molecule has 0 unspecified atom stereocenters. The molecule has 1 aliphatic heterocycles. The molecule has 1 aliphatic rings. The summed E-state index contributed by atoms with van der Waals surface area (Å²) in [5.74, 6) is -0.0813. The van der Waals surface area contributed by atoms with E-state index >= 15 is 0 Å². The molecule has 0 spiro atoms. The van der Waals surface area contributed by atoms with Crippen molar-refractivity contribution in [2.75, 3.05) is 18.4 Å². The van der Waals surface area contributed by atoms with Crippen LogP contribution in [0.4, 0.5) is 5.69 Å². The van der Waals surface area contributed by atoms with Crippen molar-refractivity contribution in [3.63, 3.8) is 0 Å². The highest BCUT2D eigenvalue weighted by Gasteiger charge is 2.14. The lowest BCUT2D eigenvalue weighted by atomic mass is 9.97. The van der Waals surface area contributed by atoms with Crippen LogP contribution >= 0.6 is 0 Å². The highest BCUT2D eigenvalue weighted by atomic mass is 16.2. The third-order valence-corrected chi connectivity index (χ3v) is 4.92. The van der Waals surface area contributed by atoms with E-state index in [0.29, 0.717) is 5.56 Å². The van der Waals surface area contributed by atoms with E-state index in [-0.39, 0.29) is 24.5 Å². The largest absolute Gasteiger partial charge is 0.326 e. The zero-order chi connectivity index (χ0) is 18.4. The van der Waals surface area contributed by atoms with Crippen LogP contribution in [0.15, 0.2) is 42.5 Å². The quantitative estimate of drug-likeness (QED) is 0.784. The molecule has 2 N–H and O–H groups in total. The number of ketones is 1. The first-order chi connectivity index (χ1) is 12.7. The van der Waals surface area contributed by atoms with Crippen LogP contribution in [-0.4, -0.2) is 24.8 Å². The minimum absolute atomic E-state index is 0.0314. The number of Topliss-reactive ketones (excluding diaryl/α,β-unsaturated/α-hetero) is 1. The van der Waals surface area contributed by atoms with E-state index in [1.807, 2.05) is 36.4 Å². The van der Waals surface area contributed by atoms with Crippen LogP contribution in [0, 0.1) is 0 Å². The first-order valence-electron chi connectivity index (χ1n) is 9.41. The number of hydrogen-bond donors (Lipinski definition) is 2. The molecule has 0 radical (unpaired) electrons. The summed E-state index contributed by atoms with van der Waals surface area (Å²) in [4.78, 5) is 24.7. The molecule has 0 saturated heterocycles.